The van der Waals surface area contributed by atoms with E-state index in [9.17, 15) is 0 Å². The van der Waals surface area contributed by atoms with E-state index in [-0.39, 0.29) is 0 Å². The zero-order valence-electron chi connectivity index (χ0n) is 11.2. The molecule has 100 valence electrons. The molecule has 3 rings (SSSR count). The van der Waals surface area contributed by atoms with Crippen molar-refractivity contribution in [3.8, 4) is 5.69 Å². The molecule has 1 aliphatic carbocycles. The van der Waals surface area contributed by atoms with Crippen LogP contribution in [0.25, 0.3) is 5.69 Å². The van der Waals surface area contributed by atoms with Gasteiger partial charge in [0.05, 0.1) is 11.4 Å². The van der Waals surface area contributed by atoms with E-state index in [4.69, 9.17) is 5.73 Å². The van der Waals surface area contributed by atoms with Crippen LogP contribution in [0.15, 0.2) is 18.2 Å². The SMILES string of the molecule is Cc1ccc(-n2nnnc2C2CCCCC2)c(N)c1. The third-order valence-electron chi connectivity index (χ3n) is 3.88. The molecular formula is C14H19N5. The zero-order chi connectivity index (χ0) is 13.2. The Kier molecular flexibility index (Phi) is 3.19. The van der Waals surface area contributed by atoms with Gasteiger partial charge in [0, 0.05) is 5.92 Å². The maximum absolute atomic E-state index is 6.09. The van der Waals surface area contributed by atoms with E-state index in [0.717, 1.165) is 22.8 Å². The van der Waals surface area contributed by atoms with E-state index in [1.807, 2.05) is 29.8 Å². The molecule has 0 atom stereocenters. The fourth-order valence-corrected chi connectivity index (χ4v) is 2.85. The van der Waals surface area contributed by atoms with E-state index < -0.39 is 0 Å². The summed E-state index contributed by atoms with van der Waals surface area (Å²) >= 11 is 0. The van der Waals surface area contributed by atoms with Gasteiger partial charge in [-0.2, -0.15) is 4.68 Å². The Morgan fingerprint density at radius 2 is 2.00 bits per heavy atom. The number of nitrogens with zero attached hydrogens (tertiary/aromatic N) is 4. The van der Waals surface area contributed by atoms with Crippen LogP contribution in [-0.4, -0.2) is 20.2 Å². The van der Waals surface area contributed by atoms with Gasteiger partial charge in [-0.05, 0) is 47.9 Å². The molecule has 0 unspecified atom stereocenters. The predicted octanol–water partition coefficient (Wildman–Crippen LogP) is 2.60. The number of aryl methyl sites for hydroxylation is 1. The standard InChI is InChI=1S/C14H19N5/c1-10-7-8-13(12(15)9-10)19-14(16-17-18-19)11-5-3-2-4-6-11/h7-9,11H,2-6,15H2,1H3. The summed E-state index contributed by atoms with van der Waals surface area (Å²) in [5.41, 5.74) is 8.85. The molecule has 1 aromatic carbocycles. The van der Waals surface area contributed by atoms with Crippen LogP contribution in [0.1, 0.15) is 49.4 Å². The van der Waals surface area contributed by atoms with Gasteiger partial charge in [0.25, 0.3) is 0 Å². The highest BCUT2D eigenvalue weighted by atomic mass is 15.5. The number of aromatic nitrogens is 4. The Morgan fingerprint density at radius 1 is 1.21 bits per heavy atom. The monoisotopic (exact) mass is 257 g/mol. The summed E-state index contributed by atoms with van der Waals surface area (Å²) in [7, 11) is 0. The van der Waals surface area contributed by atoms with Crippen molar-refractivity contribution in [2.75, 3.05) is 5.73 Å². The first-order valence-corrected chi connectivity index (χ1v) is 6.90. The minimum Gasteiger partial charge on any atom is -0.397 e. The Bertz CT molecular complexity index is 569. The molecule has 0 radical (unpaired) electrons. The second-order valence-electron chi connectivity index (χ2n) is 5.35. The van der Waals surface area contributed by atoms with Gasteiger partial charge in [-0.1, -0.05) is 25.3 Å². The van der Waals surface area contributed by atoms with Crippen molar-refractivity contribution in [1.29, 1.82) is 0 Å². The number of benzene rings is 1. The molecule has 1 fully saturated rings. The number of nitrogens with two attached hydrogens (primary N) is 1. The Balaban J connectivity index is 1.99. The van der Waals surface area contributed by atoms with Crippen LogP contribution in [0.4, 0.5) is 5.69 Å². The first kappa shape index (κ1) is 12.1. The van der Waals surface area contributed by atoms with Gasteiger partial charge in [0.1, 0.15) is 0 Å². The summed E-state index contributed by atoms with van der Waals surface area (Å²) in [6.45, 7) is 2.03. The second kappa shape index (κ2) is 4.99. The largest absolute Gasteiger partial charge is 0.397 e. The summed E-state index contributed by atoms with van der Waals surface area (Å²) in [4.78, 5) is 0. The van der Waals surface area contributed by atoms with Crippen LogP contribution in [0.2, 0.25) is 0 Å². The molecule has 5 nitrogen and oxygen atoms in total. The van der Waals surface area contributed by atoms with E-state index in [1.165, 1.54) is 32.1 Å². The minimum atomic E-state index is 0.462. The van der Waals surface area contributed by atoms with Crippen LogP contribution < -0.4 is 5.73 Å². The van der Waals surface area contributed by atoms with Gasteiger partial charge in [0.2, 0.25) is 0 Å². The molecule has 2 aromatic rings. The highest BCUT2D eigenvalue weighted by Crippen LogP contribution is 2.32. The predicted molar refractivity (Wildman–Crippen MR) is 74.1 cm³/mol. The lowest BCUT2D eigenvalue weighted by molar-refractivity contribution is 0.422. The molecule has 0 spiro atoms. The van der Waals surface area contributed by atoms with Crippen molar-refractivity contribution < 1.29 is 0 Å². The Hall–Kier alpha value is -1.91. The number of tetrazole rings is 1. The van der Waals surface area contributed by atoms with Gasteiger partial charge in [-0.15, -0.1) is 5.10 Å². The number of nitrogen functional groups attached to an aromatic ring is 1. The molecule has 2 N–H and O–H groups in total. The normalized spacial score (nSPS) is 16.7. The van der Waals surface area contributed by atoms with E-state index in [1.54, 1.807) is 0 Å². The molecule has 0 saturated heterocycles. The first-order valence-electron chi connectivity index (χ1n) is 6.90. The van der Waals surface area contributed by atoms with Crippen molar-refractivity contribution >= 4 is 5.69 Å². The highest BCUT2D eigenvalue weighted by Gasteiger charge is 2.22. The number of rotatable bonds is 2. The van der Waals surface area contributed by atoms with Crippen molar-refractivity contribution in [2.45, 2.75) is 44.9 Å². The minimum absolute atomic E-state index is 0.462. The van der Waals surface area contributed by atoms with Crippen molar-refractivity contribution in [3.05, 3.63) is 29.6 Å². The van der Waals surface area contributed by atoms with Crippen LogP contribution in [0.3, 0.4) is 0 Å². The van der Waals surface area contributed by atoms with E-state index in [0.29, 0.717) is 5.92 Å². The smallest absolute Gasteiger partial charge is 0.159 e. The first-order chi connectivity index (χ1) is 9.25. The topological polar surface area (TPSA) is 69.6 Å². The highest BCUT2D eigenvalue weighted by molar-refractivity contribution is 5.58. The van der Waals surface area contributed by atoms with Gasteiger partial charge in [-0.25, -0.2) is 0 Å². The zero-order valence-corrected chi connectivity index (χ0v) is 11.2. The maximum atomic E-state index is 6.09. The van der Waals surface area contributed by atoms with Gasteiger partial charge < -0.3 is 5.73 Å². The Labute approximate surface area is 112 Å². The average Bonchev–Trinajstić information content (AvgIpc) is 2.89. The Morgan fingerprint density at radius 3 is 2.74 bits per heavy atom. The molecule has 5 heteroatoms. The van der Waals surface area contributed by atoms with Gasteiger partial charge in [-0.3, -0.25) is 0 Å². The second-order valence-corrected chi connectivity index (χ2v) is 5.35. The van der Waals surface area contributed by atoms with Crippen molar-refractivity contribution in [2.24, 2.45) is 0 Å². The summed E-state index contributed by atoms with van der Waals surface area (Å²) in [6, 6.07) is 5.99. The van der Waals surface area contributed by atoms with Gasteiger partial charge in [0.15, 0.2) is 5.82 Å². The fraction of sp³-hybridized carbons (Fsp3) is 0.500. The van der Waals surface area contributed by atoms with E-state index >= 15 is 0 Å². The van der Waals surface area contributed by atoms with Crippen molar-refractivity contribution in [3.63, 3.8) is 0 Å². The lowest BCUT2D eigenvalue weighted by atomic mass is 9.88. The summed E-state index contributed by atoms with van der Waals surface area (Å²) in [5.74, 6) is 1.42. The van der Waals surface area contributed by atoms with Crippen LogP contribution >= 0.6 is 0 Å². The fourth-order valence-electron chi connectivity index (χ4n) is 2.85. The molecule has 19 heavy (non-hydrogen) atoms. The number of hydrogen-bond acceptors (Lipinski definition) is 4. The average molecular weight is 257 g/mol. The van der Waals surface area contributed by atoms with Gasteiger partial charge >= 0.3 is 0 Å². The molecule has 1 saturated carbocycles. The quantitative estimate of drug-likeness (QED) is 0.839. The molecule has 0 aliphatic heterocycles. The molecule has 0 bridgehead atoms. The molecule has 0 amide bonds. The number of anilines is 1. The summed E-state index contributed by atoms with van der Waals surface area (Å²) in [6.07, 6.45) is 6.20. The molecule has 1 aliphatic rings. The van der Waals surface area contributed by atoms with Crippen LogP contribution in [0, 0.1) is 6.92 Å². The third kappa shape index (κ3) is 2.32. The number of hydrogen-bond donors (Lipinski definition) is 1. The van der Waals surface area contributed by atoms with Crippen LogP contribution in [-0.2, 0) is 0 Å². The van der Waals surface area contributed by atoms with Crippen molar-refractivity contribution in [1.82, 2.24) is 20.2 Å². The summed E-state index contributed by atoms with van der Waals surface area (Å²) in [5, 5.41) is 12.2. The lowest BCUT2D eigenvalue weighted by Gasteiger charge is -2.20. The third-order valence-corrected chi connectivity index (χ3v) is 3.88. The molecular weight excluding hydrogens is 238 g/mol. The molecule has 1 heterocycles. The van der Waals surface area contributed by atoms with Crippen LogP contribution in [0.5, 0.6) is 0 Å². The maximum Gasteiger partial charge on any atom is 0.159 e. The van der Waals surface area contributed by atoms with E-state index in [2.05, 4.69) is 15.5 Å². The lowest BCUT2D eigenvalue weighted by Crippen LogP contribution is -2.13. The molecule has 1 aromatic heterocycles. The summed E-state index contributed by atoms with van der Waals surface area (Å²) < 4.78 is 1.81.